The van der Waals surface area contributed by atoms with E-state index in [1.165, 1.54) is 0 Å². The first-order chi connectivity index (χ1) is 6.27. The van der Waals surface area contributed by atoms with E-state index in [1.54, 1.807) is 0 Å². The maximum absolute atomic E-state index is 11.0. The minimum atomic E-state index is 0.0572. The lowest BCUT2D eigenvalue weighted by molar-refractivity contribution is -0.118. The molecule has 0 spiro atoms. The number of halogens is 1. The van der Waals surface area contributed by atoms with E-state index in [-0.39, 0.29) is 5.91 Å². The highest BCUT2D eigenvalue weighted by Gasteiger charge is 2.26. The molecule has 0 aliphatic carbocycles. The van der Waals surface area contributed by atoms with Crippen molar-refractivity contribution in [2.75, 3.05) is 18.5 Å². The van der Waals surface area contributed by atoms with E-state index in [2.05, 4.69) is 28.2 Å². The fraction of sp³-hybridized carbons (Fsp3) is 0.889. The van der Waals surface area contributed by atoms with E-state index in [9.17, 15) is 4.79 Å². The molecule has 76 valence electrons. The third kappa shape index (κ3) is 3.27. The van der Waals surface area contributed by atoms with Crippen molar-refractivity contribution in [3.63, 3.8) is 0 Å². The van der Waals surface area contributed by atoms with Crippen molar-refractivity contribution in [3.8, 4) is 0 Å². The van der Waals surface area contributed by atoms with Crippen molar-refractivity contribution in [2.24, 2.45) is 5.92 Å². The Labute approximate surface area is 87.3 Å². The summed E-state index contributed by atoms with van der Waals surface area (Å²) < 4.78 is 5.52. The zero-order chi connectivity index (χ0) is 9.68. The standard InChI is InChI=1S/C9H16BrNO2/c1-2-8-7(3-4-13-8)6-11-9(12)5-10/h7-8H,2-6H2,1H3,(H,11,12). The van der Waals surface area contributed by atoms with Gasteiger partial charge in [-0.15, -0.1) is 0 Å². The van der Waals surface area contributed by atoms with Gasteiger partial charge in [0.15, 0.2) is 0 Å². The Morgan fingerprint density at radius 1 is 1.69 bits per heavy atom. The van der Waals surface area contributed by atoms with Gasteiger partial charge in [-0.05, 0) is 12.8 Å². The summed E-state index contributed by atoms with van der Waals surface area (Å²) in [5, 5.41) is 3.26. The number of ether oxygens (including phenoxy) is 1. The predicted octanol–water partition coefficient (Wildman–Crippen LogP) is 1.31. The summed E-state index contributed by atoms with van der Waals surface area (Å²) in [6.45, 7) is 3.71. The SMILES string of the molecule is CCC1OCCC1CNC(=O)CBr. The Kier molecular flexibility index (Phi) is 4.73. The first-order valence-corrected chi connectivity index (χ1v) is 5.84. The molecule has 0 aromatic carbocycles. The summed E-state index contributed by atoms with van der Waals surface area (Å²) >= 11 is 3.11. The molecule has 1 aliphatic heterocycles. The highest BCUT2D eigenvalue weighted by Crippen LogP contribution is 2.22. The van der Waals surface area contributed by atoms with Crippen molar-refractivity contribution in [1.82, 2.24) is 5.32 Å². The number of nitrogens with one attached hydrogen (secondary N) is 1. The van der Waals surface area contributed by atoms with Crippen molar-refractivity contribution in [1.29, 1.82) is 0 Å². The number of carbonyl (C=O) groups is 1. The van der Waals surface area contributed by atoms with Crippen LogP contribution in [0, 0.1) is 5.92 Å². The average Bonchev–Trinajstić information content (AvgIpc) is 2.61. The molecule has 1 N–H and O–H groups in total. The van der Waals surface area contributed by atoms with Crippen LogP contribution in [0.3, 0.4) is 0 Å². The predicted molar refractivity (Wildman–Crippen MR) is 54.9 cm³/mol. The molecule has 1 saturated heterocycles. The van der Waals surface area contributed by atoms with Gasteiger partial charge in [0.05, 0.1) is 11.4 Å². The molecule has 0 radical (unpaired) electrons. The molecule has 13 heavy (non-hydrogen) atoms. The Balaban J connectivity index is 2.23. The van der Waals surface area contributed by atoms with Crippen LogP contribution in [0.1, 0.15) is 19.8 Å². The van der Waals surface area contributed by atoms with Crippen LogP contribution in [0.5, 0.6) is 0 Å². The molecule has 1 fully saturated rings. The Bertz CT molecular complexity index is 175. The zero-order valence-electron chi connectivity index (χ0n) is 7.88. The van der Waals surface area contributed by atoms with Crippen molar-refractivity contribution >= 4 is 21.8 Å². The van der Waals surface area contributed by atoms with Crippen LogP contribution < -0.4 is 5.32 Å². The van der Waals surface area contributed by atoms with Gasteiger partial charge in [0, 0.05) is 19.1 Å². The molecule has 0 aromatic rings. The summed E-state index contributed by atoms with van der Waals surface area (Å²) in [7, 11) is 0. The largest absolute Gasteiger partial charge is 0.378 e. The van der Waals surface area contributed by atoms with Crippen LogP contribution in [0.15, 0.2) is 0 Å². The smallest absolute Gasteiger partial charge is 0.230 e. The number of carbonyl (C=O) groups excluding carboxylic acids is 1. The molecule has 0 aromatic heterocycles. The lowest BCUT2D eigenvalue weighted by Gasteiger charge is -2.16. The highest BCUT2D eigenvalue weighted by atomic mass is 79.9. The molecule has 1 amide bonds. The van der Waals surface area contributed by atoms with E-state index in [4.69, 9.17) is 4.74 Å². The molecule has 3 nitrogen and oxygen atoms in total. The van der Waals surface area contributed by atoms with E-state index in [1.807, 2.05) is 0 Å². The minimum Gasteiger partial charge on any atom is -0.378 e. The number of hydrogen-bond acceptors (Lipinski definition) is 2. The normalized spacial score (nSPS) is 27.5. The van der Waals surface area contributed by atoms with Crippen LogP contribution >= 0.6 is 15.9 Å². The van der Waals surface area contributed by atoms with Gasteiger partial charge < -0.3 is 10.1 Å². The van der Waals surface area contributed by atoms with Crippen LogP contribution in [-0.4, -0.2) is 30.5 Å². The molecule has 4 heteroatoms. The van der Waals surface area contributed by atoms with Gasteiger partial charge in [-0.3, -0.25) is 4.79 Å². The van der Waals surface area contributed by atoms with Crippen LogP contribution in [0.4, 0.5) is 0 Å². The molecule has 0 saturated carbocycles. The molecule has 1 rings (SSSR count). The van der Waals surface area contributed by atoms with Gasteiger partial charge in [-0.1, -0.05) is 22.9 Å². The van der Waals surface area contributed by atoms with E-state index < -0.39 is 0 Å². The van der Waals surface area contributed by atoms with Gasteiger partial charge in [0.1, 0.15) is 0 Å². The van der Waals surface area contributed by atoms with Crippen molar-refractivity contribution < 1.29 is 9.53 Å². The molecular formula is C9H16BrNO2. The number of hydrogen-bond donors (Lipinski definition) is 1. The van der Waals surface area contributed by atoms with E-state index in [0.29, 0.717) is 17.4 Å². The number of amides is 1. The van der Waals surface area contributed by atoms with Crippen LogP contribution in [0.25, 0.3) is 0 Å². The van der Waals surface area contributed by atoms with Crippen molar-refractivity contribution in [3.05, 3.63) is 0 Å². The maximum atomic E-state index is 11.0. The van der Waals surface area contributed by atoms with Crippen molar-refractivity contribution in [2.45, 2.75) is 25.9 Å². The van der Waals surface area contributed by atoms with E-state index in [0.717, 1.165) is 26.0 Å². The minimum absolute atomic E-state index is 0.0572. The zero-order valence-corrected chi connectivity index (χ0v) is 9.47. The van der Waals surface area contributed by atoms with Crippen LogP contribution in [0.2, 0.25) is 0 Å². The van der Waals surface area contributed by atoms with Gasteiger partial charge in [-0.25, -0.2) is 0 Å². The summed E-state index contributed by atoms with van der Waals surface area (Å²) in [5.41, 5.74) is 0. The Hall–Kier alpha value is -0.0900. The molecule has 2 unspecified atom stereocenters. The maximum Gasteiger partial charge on any atom is 0.230 e. The first kappa shape index (κ1) is 11.0. The topological polar surface area (TPSA) is 38.3 Å². The molecular weight excluding hydrogens is 234 g/mol. The fourth-order valence-corrected chi connectivity index (χ4v) is 1.87. The second kappa shape index (κ2) is 5.60. The first-order valence-electron chi connectivity index (χ1n) is 4.72. The monoisotopic (exact) mass is 249 g/mol. The Morgan fingerprint density at radius 3 is 3.08 bits per heavy atom. The van der Waals surface area contributed by atoms with Gasteiger partial charge in [-0.2, -0.15) is 0 Å². The summed E-state index contributed by atoms with van der Waals surface area (Å²) in [6.07, 6.45) is 2.45. The lowest BCUT2D eigenvalue weighted by Crippen LogP contribution is -2.33. The third-order valence-corrected chi connectivity index (χ3v) is 2.94. The van der Waals surface area contributed by atoms with E-state index >= 15 is 0 Å². The number of alkyl halides is 1. The second-order valence-electron chi connectivity index (χ2n) is 3.30. The third-order valence-electron chi connectivity index (χ3n) is 2.43. The average molecular weight is 250 g/mol. The highest BCUT2D eigenvalue weighted by molar-refractivity contribution is 9.09. The molecule has 1 heterocycles. The molecule has 2 atom stereocenters. The van der Waals surface area contributed by atoms with Gasteiger partial charge in [0.2, 0.25) is 5.91 Å². The lowest BCUT2D eigenvalue weighted by atomic mass is 10.00. The number of rotatable bonds is 4. The fourth-order valence-electron chi connectivity index (χ4n) is 1.67. The molecule has 1 aliphatic rings. The quantitative estimate of drug-likeness (QED) is 0.764. The second-order valence-corrected chi connectivity index (χ2v) is 3.86. The van der Waals surface area contributed by atoms with Gasteiger partial charge in [0.25, 0.3) is 0 Å². The summed E-state index contributed by atoms with van der Waals surface area (Å²) in [5.74, 6) is 0.565. The molecule has 0 bridgehead atoms. The summed E-state index contributed by atoms with van der Waals surface area (Å²) in [4.78, 5) is 11.0. The Morgan fingerprint density at radius 2 is 2.46 bits per heavy atom. The summed E-state index contributed by atoms with van der Waals surface area (Å²) in [6, 6.07) is 0. The van der Waals surface area contributed by atoms with Crippen LogP contribution in [-0.2, 0) is 9.53 Å². The van der Waals surface area contributed by atoms with Gasteiger partial charge >= 0.3 is 0 Å².